The van der Waals surface area contributed by atoms with Crippen LogP contribution in [-0.4, -0.2) is 5.25 Å². The van der Waals surface area contributed by atoms with Crippen LogP contribution in [0.5, 0.6) is 0 Å². The molecule has 0 heterocycles. The maximum Gasteiger partial charge on any atom is 0.00746 e. The zero-order valence-electron chi connectivity index (χ0n) is 6.79. The second-order valence-corrected chi connectivity index (χ2v) is 4.04. The fraction of sp³-hybridized carbons (Fsp3) is 0.300. The molecule has 0 aliphatic carbocycles. The summed E-state index contributed by atoms with van der Waals surface area (Å²) in [4.78, 5) is 1.34. The standard InChI is InChI=1S/C10H13S/c1-3-9(2)11-10-7-5-4-6-8-10/h4-9H,1,3H2,2H3. The molecular weight excluding hydrogens is 152 g/mol. The first-order valence-electron chi connectivity index (χ1n) is 3.84. The Hall–Kier alpha value is -0.430. The maximum atomic E-state index is 3.86. The van der Waals surface area contributed by atoms with Gasteiger partial charge in [0.1, 0.15) is 0 Å². The summed E-state index contributed by atoms with van der Waals surface area (Å²) in [6.45, 7) is 6.06. The zero-order valence-corrected chi connectivity index (χ0v) is 7.60. The highest BCUT2D eigenvalue weighted by Crippen LogP contribution is 2.23. The third-order valence-corrected chi connectivity index (χ3v) is 2.67. The summed E-state index contributed by atoms with van der Waals surface area (Å²) in [6.07, 6.45) is 0.986. The van der Waals surface area contributed by atoms with Gasteiger partial charge in [0.2, 0.25) is 0 Å². The Balaban J connectivity index is 2.51. The molecular formula is C10H13S. The number of benzene rings is 1. The van der Waals surface area contributed by atoms with Crippen molar-refractivity contribution in [3.63, 3.8) is 0 Å². The van der Waals surface area contributed by atoms with Crippen LogP contribution in [0.1, 0.15) is 13.3 Å². The van der Waals surface area contributed by atoms with Crippen LogP contribution in [-0.2, 0) is 0 Å². The number of rotatable bonds is 3. The molecule has 0 spiro atoms. The van der Waals surface area contributed by atoms with Gasteiger partial charge in [0.05, 0.1) is 0 Å². The Labute approximate surface area is 73.0 Å². The first-order chi connectivity index (χ1) is 5.33. The van der Waals surface area contributed by atoms with Crippen molar-refractivity contribution in [2.75, 3.05) is 0 Å². The normalized spacial score (nSPS) is 12.9. The lowest BCUT2D eigenvalue weighted by Gasteiger charge is -2.06. The predicted molar refractivity (Wildman–Crippen MR) is 51.7 cm³/mol. The topological polar surface area (TPSA) is 0 Å². The second kappa shape index (κ2) is 4.45. The molecule has 0 saturated heterocycles. The molecule has 1 heteroatoms. The predicted octanol–water partition coefficient (Wildman–Crippen LogP) is 3.39. The van der Waals surface area contributed by atoms with Crippen molar-refractivity contribution >= 4 is 11.8 Å². The van der Waals surface area contributed by atoms with Gasteiger partial charge in [0.15, 0.2) is 0 Å². The minimum atomic E-state index is 0.623. The van der Waals surface area contributed by atoms with E-state index in [1.54, 1.807) is 0 Å². The Morgan fingerprint density at radius 1 is 1.36 bits per heavy atom. The van der Waals surface area contributed by atoms with E-state index in [1.165, 1.54) is 4.90 Å². The van der Waals surface area contributed by atoms with Crippen molar-refractivity contribution < 1.29 is 0 Å². The van der Waals surface area contributed by atoms with E-state index in [0.717, 1.165) is 6.42 Å². The molecule has 1 aromatic rings. The van der Waals surface area contributed by atoms with E-state index in [4.69, 9.17) is 0 Å². The lowest BCUT2D eigenvalue weighted by molar-refractivity contribution is 0.978. The van der Waals surface area contributed by atoms with Gasteiger partial charge >= 0.3 is 0 Å². The summed E-state index contributed by atoms with van der Waals surface area (Å²) in [7, 11) is 0. The minimum Gasteiger partial charge on any atom is -0.123 e. The van der Waals surface area contributed by atoms with Gasteiger partial charge < -0.3 is 0 Å². The largest absolute Gasteiger partial charge is 0.123 e. The molecule has 59 valence electrons. The zero-order chi connectivity index (χ0) is 8.10. The van der Waals surface area contributed by atoms with Crippen LogP contribution in [0, 0.1) is 6.92 Å². The Kier molecular flexibility index (Phi) is 3.50. The molecule has 0 N–H and O–H groups in total. The average Bonchev–Trinajstić information content (AvgIpc) is 2.06. The number of thioether (sulfide) groups is 1. The van der Waals surface area contributed by atoms with Gasteiger partial charge in [-0.1, -0.05) is 32.0 Å². The molecule has 1 rings (SSSR count). The first-order valence-corrected chi connectivity index (χ1v) is 4.72. The van der Waals surface area contributed by atoms with Crippen molar-refractivity contribution in [2.45, 2.75) is 23.5 Å². The summed E-state index contributed by atoms with van der Waals surface area (Å²) in [5.74, 6) is 0. The molecule has 0 amide bonds. The van der Waals surface area contributed by atoms with Gasteiger partial charge in [-0.25, -0.2) is 0 Å². The lowest BCUT2D eigenvalue weighted by Crippen LogP contribution is -1.91. The molecule has 0 aliphatic rings. The van der Waals surface area contributed by atoms with E-state index in [0.29, 0.717) is 5.25 Å². The van der Waals surface area contributed by atoms with Gasteiger partial charge in [-0.15, -0.1) is 11.8 Å². The molecule has 0 bridgehead atoms. The molecule has 11 heavy (non-hydrogen) atoms. The van der Waals surface area contributed by atoms with Crippen molar-refractivity contribution in [3.05, 3.63) is 37.3 Å². The lowest BCUT2D eigenvalue weighted by atomic mass is 10.4. The third-order valence-electron chi connectivity index (χ3n) is 1.49. The van der Waals surface area contributed by atoms with Crippen molar-refractivity contribution in [1.29, 1.82) is 0 Å². The van der Waals surface area contributed by atoms with Crippen molar-refractivity contribution in [2.24, 2.45) is 0 Å². The highest BCUT2D eigenvalue weighted by molar-refractivity contribution is 7.99. The van der Waals surface area contributed by atoms with E-state index < -0.39 is 0 Å². The summed E-state index contributed by atoms with van der Waals surface area (Å²) in [5.41, 5.74) is 0. The van der Waals surface area contributed by atoms with E-state index in [2.05, 4.69) is 38.1 Å². The van der Waals surface area contributed by atoms with Gasteiger partial charge in [0.25, 0.3) is 0 Å². The van der Waals surface area contributed by atoms with Gasteiger partial charge in [-0.2, -0.15) is 0 Å². The smallest absolute Gasteiger partial charge is 0.00746 e. The summed E-state index contributed by atoms with van der Waals surface area (Å²) < 4.78 is 0. The number of hydrogen-bond acceptors (Lipinski definition) is 1. The Bertz CT molecular complexity index is 193. The highest BCUT2D eigenvalue weighted by Gasteiger charge is 1.99. The van der Waals surface area contributed by atoms with E-state index in [1.807, 2.05) is 17.8 Å². The van der Waals surface area contributed by atoms with Crippen LogP contribution in [0.3, 0.4) is 0 Å². The van der Waals surface area contributed by atoms with Gasteiger partial charge in [-0.3, -0.25) is 0 Å². The molecule has 0 aliphatic heterocycles. The molecule has 1 unspecified atom stereocenters. The molecule has 1 radical (unpaired) electrons. The van der Waals surface area contributed by atoms with Crippen LogP contribution < -0.4 is 0 Å². The van der Waals surface area contributed by atoms with Gasteiger partial charge in [0, 0.05) is 10.1 Å². The molecule has 1 aromatic carbocycles. The van der Waals surface area contributed by atoms with Crippen LogP contribution in [0.4, 0.5) is 0 Å². The summed E-state index contributed by atoms with van der Waals surface area (Å²) >= 11 is 1.88. The Morgan fingerprint density at radius 3 is 2.55 bits per heavy atom. The molecule has 0 fully saturated rings. The van der Waals surface area contributed by atoms with Crippen LogP contribution in [0.15, 0.2) is 35.2 Å². The van der Waals surface area contributed by atoms with Crippen LogP contribution in [0.2, 0.25) is 0 Å². The summed E-state index contributed by atoms with van der Waals surface area (Å²) in [5, 5.41) is 0.623. The first kappa shape index (κ1) is 8.66. The van der Waals surface area contributed by atoms with E-state index in [9.17, 15) is 0 Å². The maximum absolute atomic E-state index is 3.86. The number of hydrogen-bond donors (Lipinski definition) is 0. The monoisotopic (exact) mass is 165 g/mol. The molecule has 0 nitrogen and oxygen atoms in total. The highest BCUT2D eigenvalue weighted by atomic mass is 32.2. The quantitative estimate of drug-likeness (QED) is 0.619. The fourth-order valence-corrected chi connectivity index (χ4v) is 1.69. The average molecular weight is 165 g/mol. The molecule has 0 aromatic heterocycles. The molecule has 1 atom stereocenters. The third kappa shape index (κ3) is 2.98. The second-order valence-electron chi connectivity index (χ2n) is 2.53. The van der Waals surface area contributed by atoms with Crippen LogP contribution in [0.25, 0.3) is 0 Å². The van der Waals surface area contributed by atoms with Gasteiger partial charge in [-0.05, 0) is 18.6 Å². The molecule has 0 saturated carbocycles. The SMILES string of the molecule is [CH2]CC(C)Sc1ccccc1. The van der Waals surface area contributed by atoms with Crippen LogP contribution >= 0.6 is 11.8 Å². The van der Waals surface area contributed by atoms with Crippen molar-refractivity contribution in [3.8, 4) is 0 Å². The Morgan fingerprint density at radius 2 is 2.00 bits per heavy atom. The van der Waals surface area contributed by atoms with E-state index >= 15 is 0 Å². The summed E-state index contributed by atoms with van der Waals surface area (Å²) in [6, 6.07) is 10.4. The van der Waals surface area contributed by atoms with Crippen molar-refractivity contribution in [1.82, 2.24) is 0 Å². The van der Waals surface area contributed by atoms with E-state index in [-0.39, 0.29) is 0 Å². The minimum absolute atomic E-state index is 0.623. The fourth-order valence-electron chi connectivity index (χ4n) is 0.790.